The fourth-order valence-electron chi connectivity index (χ4n) is 3.25. The van der Waals surface area contributed by atoms with E-state index in [0.29, 0.717) is 28.0 Å². The summed E-state index contributed by atoms with van der Waals surface area (Å²) in [6, 6.07) is 0.670. The Labute approximate surface area is 177 Å². The third kappa shape index (κ3) is 4.94. The molecule has 0 amide bonds. The van der Waals surface area contributed by atoms with Crippen LogP contribution >= 0.6 is 0 Å². The van der Waals surface area contributed by atoms with Gasteiger partial charge in [-0.25, -0.2) is 18.3 Å². The zero-order chi connectivity index (χ0) is 22.6. The van der Waals surface area contributed by atoms with Crippen LogP contribution in [0.5, 0.6) is 0 Å². The second kappa shape index (κ2) is 9.31. The van der Waals surface area contributed by atoms with Crippen LogP contribution < -0.4 is 5.32 Å². The Morgan fingerprint density at radius 2 is 2.13 bits per heavy atom. The van der Waals surface area contributed by atoms with E-state index in [1.54, 1.807) is 29.9 Å². The molecule has 166 valence electrons. The molecule has 0 saturated heterocycles. The molecule has 11 heteroatoms. The lowest BCUT2D eigenvalue weighted by molar-refractivity contribution is -0.0384. The van der Waals surface area contributed by atoms with Gasteiger partial charge in [0.25, 0.3) is 5.92 Å². The van der Waals surface area contributed by atoms with Gasteiger partial charge in [-0.3, -0.25) is 4.68 Å². The molecule has 2 unspecified atom stereocenters. The number of fused-ring (bicyclic) bond motifs is 1. The molecule has 0 bridgehead atoms. The van der Waals surface area contributed by atoms with Gasteiger partial charge in [0.15, 0.2) is 0 Å². The maximum absolute atomic E-state index is 13.9. The second-order valence-electron chi connectivity index (χ2n) is 7.21. The second-order valence-corrected chi connectivity index (χ2v) is 7.21. The van der Waals surface area contributed by atoms with Crippen LogP contribution in [0.3, 0.4) is 0 Å². The van der Waals surface area contributed by atoms with Crippen molar-refractivity contribution in [2.75, 3.05) is 13.2 Å². The van der Waals surface area contributed by atoms with E-state index in [2.05, 4.69) is 20.5 Å². The number of aliphatic hydroxyl groups is 2. The molecule has 0 aliphatic heterocycles. The molecule has 0 aliphatic rings. The lowest BCUT2D eigenvalue weighted by atomic mass is 10.1. The highest BCUT2D eigenvalue weighted by molar-refractivity contribution is 6.07. The fourth-order valence-corrected chi connectivity index (χ4v) is 3.25. The number of allylic oxidation sites excluding steroid dienone is 1. The molecular weight excluding hydrogens is 408 g/mol. The molecular formula is C20H25F2N7O2. The van der Waals surface area contributed by atoms with Crippen molar-refractivity contribution in [3.8, 4) is 11.3 Å². The van der Waals surface area contributed by atoms with E-state index in [1.807, 2.05) is 0 Å². The molecule has 3 rings (SSSR count). The van der Waals surface area contributed by atoms with Crippen LogP contribution in [-0.4, -0.2) is 66.0 Å². The molecule has 0 aliphatic carbocycles. The van der Waals surface area contributed by atoms with Gasteiger partial charge in [0, 0.05) is 43.2 Å². The lowest BCUT2D eigenvalue weighted by Crippen LogP contribution is -2.27. The first-order valence-corrected chi connectivity index (χ1v) is 9.78. The standard InChI is InChI=1S/C20H25F2N7O2/c1-3-18(20(2,21)22)29-10-14(8-26-29)19-17-4-5-25-28(17)11-16(27-19)13(6-23)7-24-9-15(31)12-30/h4-8,10-11,15,18,23-24,30-31H,3,9,12H2,1-2H3/b13-7+,23-6?. The van der Waals surface area contributed by atoms with Gasteiger partial charge in [-0.2, -0.15) is 10.2 Å². The summed E-state index contributed by atoms with van der Waals surface area (Å²) in [5, 5.41) is 37.3. The molecule has 0 saturated carbocycles. The van der Waals surface area contributed by atoms with Crippen molar-refractivity contribution >= 4 is 17.3 Å². The first kappa shape index (κ1) is 22.5. The van der Waals surface area contributed by atoms with Gasteiger partial charge >= 0.3 is 0 Å². The summed E-state index contributed by atoms with van der Waals surface area (Å²) >= 11 is 0. The van der Waals surface area contributed by atoms with Gasteiger partial charge in [0.2, 0.25) is 0 Å². The Morgan fingerprint density at radius 1 is 1.35 bits per heavy atom. The van der Waals surface area contributed by atoms with Crippen LogP contribution in [0.1, 0.15) is 32.0 Å². The molecule has 0 spiro atoms. The van der Waals surface area contributed by atoms with Crippen molar-refractivity contribution in [1.82, 2.24) is 29.7 Å². The number of nitrogens with one attached hydrogen (secondary N) is 2. The van der Waals surface area contributed by atoms with Gasteiger partial charge in [0.1, 0.15) is 6.04 Å². The fraction of sp³-hybridized carbons (Fsp3) is 0.400. The van der Waals surface area contributed by atoms with Crippen molar-refractivity contribution in [3.05, 3.63) is 42.7 Å². The van der Waals surface area contributed by atoms with E-state index in [1.165, 1.54) is 23.3 Å². The highest BCUT2D eigenvalue weighted by Crippen LogP contribution is 2.32. The van der Waals surface area contributed by atoms with Crippen LogP contribution in [0.25, 0.3) is 22.3 Å². The monoisotopic (exact) mass is 433 g/mol. The third-order valence-corrected chi connectivity index (χ3v) is 4.83. The zero-order valence-corrected chi connectivity index (χ0v) is 17.2. The Hall–Kier alpha value is -3.18. The summed E-state index contributed by atoms with van der Waals surface area (Å²) < 4.78 is 30.7. The Kier molecular flexibility index (Phi) is 6.76. The number of alkyl halides is 2. The summed E-state index contributed by atoms with van der Waals surface area (Å²) in [5.41, 5.74) is 2.50. The van der Waals surface area contributed by atoms with Gasteiger partial charge < -0.3 is 20.9 Å². The minimum absolute atomic E-state index is 0.0983. The molecule has 0 aromatic carbocycles. The summed E-state index contributed by atoms with van der Waals surface area (Å²) in [6.07, 6.45) is 8.12. The number of aromatic nitrogens is 5. The molecule has 31 heavy (non-hydrogen) atoms. The molecule has 2 atom stereocenters. The lowest BCUT2D eigenvalue weighted by Gasteiger charge is -2.22. The first-order valence-electron chi connectivity index (χ1n) is 9.78. The Bertz CT molecular complexity index is 1070. The predicted octanol–water partition coefficient (Wildman–Crippen LogP) is 2.13. The number of rotatable bonds is 10. The van der Waals surface area contributed by atoms with E-state index in [9.17, 15) is 13.9 Å². The SMILES string of the molecule is CCC(n1cc(-c2nc(/C(C=N)=C/NCC(O)CO)cn3nccc23)cn1)C(C)(F)F. The molecule has 0 radical (unpaired) electrons. The molecule has 4 N–H and O–H groups in total. The van der Waals surface area contributed by atoms with E-state index >= 15 is 0 Å². The van der Waals surface area contributed by atoms with Gasteiger partial charge in [-0.15, -0.1) is 0 Å². The van der Waals surface area contributed by atoms with Crippen LogP contribution in [0.2, 0.25) is 0 Å². The van der Waals surface area contributed by atoms with Crippen molar-refractivity contribution in [2.45, 2.75) is 38.3 Å². The van der Waals surface area contributed by atoms with E-state index < -0.39 is 18.1 Å². The minimum Gasteiger partial charge on any atom is -0.394 e. The van der Waals surface area contributed by atoms with E-state index in [4.69, 9.17) is 10.5 Å². The van der Waals surface area contributed by atoms with E-state index in [0.717, 1.165) is 13.1 Å². The first-order chi connectivity index (χ1) is 14.8. The number of hydrogen-bond donors (Lipinski definition) is 4. The number of nitrogens with zero attached hydrogens (tertiary/aromatic N) is 5. The molecule has 0 fully saturated rings. The van der Waals surface area contributed by atoms with Gasteiger partial charge in [0.05, 0.1) is 48.2 Å². The molecule has 3 aromatic heterocycles. The Morgan fingerprint density at radius 3 is 2.77 bits per heavy atom. The van der Waals surface area contributed by atoms with Crippen LogP contribution in [0, 0.1) is 5.41 Å². The normalized spacial score (nSPS) is 14.6. The average Bonchev–Trinajstić information content (AvgIpc) is 3.39. The number of hydrogen-bond acceptors (Lipinski definition) is 7. The maximum atomic E-state index is 13.9. The average molecular weight is 433 g/mol. The summed E-state index contributed by atoms with van der Waals surface area (Å²) in [4.78, 5) is 4.62. The van der Waals surface area contributed by atoms with Crippen LogP contribution in [0.4, 0.5) is 8.78 Å². The summed E-state index contributed by atoms with van der Waals surface area (Å²) in [7, 11) is 0. The zero-order valence-electron chi connectivity index (χ0n) is 17.2. The quantitative estimate of drug-likeness (QED) is 0.363. The third-order valence-electron chi connectivity index (χ3n) is 4.83. The predicted molar refractivity (Wildman–Crippen MR) is 112 cm³/mol. The van der Waals surface area contributed by atoms with Crippen molar-refractivity contribution in [3.63, 3.8) is 0 Å². The smallest absolute Gasteiger partial charge is 0.267 e. The van der Waals surface area contributed by atoms with Gasteiger partial charge in [-0.05, 0) is 12.5 Å². The Balaban J connectivity index is 2.01. The highest BCUT2D eigenvalue weighted by atomic mass is 19.3. The maximum Gasteiger partial charge on any atom is 0.267 e. The summed E-state index contributed by atoms with van der Waals surface area (Å²) in [6.45, 7) is 2.26. The molecule has 3 heterocycles. The largest absolute Gasteiger partial charge is 0.394 e. The molecule has 3 aromatic rings. The number of aliphatic hydroxyl groups excluding tert-OH is 2. The summed E-state index contributed by atoms with van der Waals surface area (Å²) in [5.74, 6) is -2.93. The van der Waals surface area contributed by atoms with E-state index in [-0.39, 0.29) is 19.6 Å². The van der Waals surface area contributed by atoms with Crippen molar-refractivity contribution in [2.24, 2.45) is 0 Å². The number of halogens is 2. The van der Waals surface area contributed by atoms with Crippen LogP contribution in [0.15, 0.2) is 37.1 Å². The highest BCUT2D eigenvalue weighted by Gasteiger charge is 2.34. The van der Waals surface area contributed by atoms with Crippen molar-refractivity contribution in [1.29, 1.82) is 5.41 Å². The topological polar surface area (TPSA) is 124 Å². The van der Waals surface area contributed by atoms with Crippen molar-refractivity contribution < 1.29 is 19.0 Å². The minimum atomic E-state index is -2.93. The molecule has 9 nitrogen and oxygen atoms in total. The van der Waals surface area contributed by atoms with Gasteiger partial charge in [-0.1, -0.05) is 6.92 Å². The van der Waals surface area contributed by atoms with Crippen LogP contribution in [-0.2, 0) is 0 Å².